The Morgan fingerprint density at radius 1 is 1.45 bits per heavy atom. The molecule has 0 radical (unpaired) electrons. The molecule has 0 aliphatic carbocycles. The average Bonchev–Trinajstić information content (AvgIpc) is 2.65. The minimum Gasteiger partial charge on any atom is -0.351 e. The smallest absolute Gasteiger partial charge is 0.237 e. The quantitative estimate of drug-likeness (QED) is 0.930. The van der Waals surface area contributed by atoms with Gasteiger partial charge in [-0.2, -0.15) is 0 Å². The summed E-state index contributed by atoms with van der Waals surface area (Å²) in [6.45, 7) is 1.11. The summed E-state index contributed by atoms with van der Waals surface area (Å²) in [7, 11) is 1.97. The van der Waals surface area contributed by atoms with E-state index in [4.69, 9.17) is 11.6 Å². The summed E-state index contributed by atoms with van der Waals surface area (Å²) in [4.78, 5) is 14.3. The third-order valence-electron chi connectivity index (χ3n) is 3.81. The number of hydrogen-bond donors (Lipinski definition) is 1. The van der Waals surface area contributed by atoms with E-state index in [1.807, 2.05) is 7.05 Å². The molecule has 0 aromatic heterocycles. The van der Waals surface area contributed by atoms with Crippen LogP contribution in [-0.4, -0.2) is 30.4 Å². The molecule has 1 N–H and O–H groups in total. The van der Waals surface area contributed by atoms with Crippen LogP contribution in [0, 0.1) is 5.82 Å². The number of hydrogen-bond acceptors (Lipinski definition) is 2. The predicted octanol–water partition coefficient (Wildman–Crippen LogP) is 2.97. The molecule has 1 aliphatic rings. The third-order valence-corrected chi connectivity index (χ3v) is 4.10. The lowest BCUT2D eigenvalue weighted by Crippen LogP contribution is -2.44. The van der Waals surface area contributed by atoms with Crippen molar-refractivity contribution in [2.24, 2.45) is 0 Å². The van der Waals surface area contributed by atoms with Crippen LogP contribution in [0.5, 0.6) is 0 Å². The number of halogens is 2. The molecule has 1 aromatic carbocycles. The third kappa shape index (κ3) is 3.70. The molecule has 1 aliphatic heterocycles. The van der Waals surface area contributed by atoms with Gasteiger partial charge in [-0.15, -0.1) is 0 Å². The van der Waals surface area contributed by atoms with Crippen molar-refractivity contribution >= 4 is 17.5 Å². The summed E-state index contributed by atoms with van der Waals surface area (Å²) in [6.07, 6.45) is 4.22. The highest BCUT2D eigenvalue weighted by molar-refractivity contribution is 6.30. The molecule has 0 spiro atoms. The van der Waals surface area contributed by atoms with Crippen LogP contribution in [-0.2, 0) is 11.3 Å². The van der Waals surface area contributed by atoms with E-state index >= 15 is 0 Å². The van der Waals surface area contributed by atoms with Crippen LogP contribution in [0.25, 0.3) is 0 Å². The minimum absolute atomic E-state index is 0.0335. The maximum Gasteiger partial charge on any atom is 0.237 e. The second-order valence-electron chi connectivity index (χ2n) is 5.28. The van der Waals surface area contributed by atoms with Crippen LogP contribution in [0.2, 0.25) is 5.02 Å². The van der Waals surface area contributed by atoms with Crippen LogP contribution in [0.3, 0.4) is 0 Å². The Morgan fingerprint density at radius 2 is 2.25 bits per heavy atom. The van der Waals surface area contributed by atoms with Gasteiger partial charge in [-0.25, -0.2) is 4.39 Å². The normalized spacial score (nSPS) is 20.4. The largest absolute Gasteiger partial charge is 0.351 e. The average molecular weight is 299 g/mol. The van der Waals surface area contributed by atoms with Crippen molar-refractivity contribution in [2.75, 3.05) is 13.6 Å². The number of likely N-dealkylation sites (tertiary alicyclic amines) is 1. The van der Waals surface area contributed by atoms with Gasteiger partial charge >= 0.3 is 0 Å². The van der Waals surface area contributed by atoms with Crippen LogP contribution in [0.4, 0.5) is 4.39 Å². The number of carbonyl (C=O) groups is 1. The Morgan fingerprint density at radius 3 is 3.05 bits per heavy atom. The zero-order valence-corrected chi connectivity index (χ0v) is 12.4. The standard InChI is InChI=1S/C15H20ClFN2O/c1-19-9-4-2-3-8-13(19)15(20)18-10-11-6-5-7-12(16)14(11)17/h5-7,13H,2-4,8-10H2,1H3,(H,18,20). The van der Waals surface area contributed by atoms with Gasteiger partial charge in [0.15, 0.2) is 0 Å². The number of carbonyl (C=O) groups excluding carboxylic acids is 1. The maximum absolute atomic E-state index is 13.7. The molecular formula is C15H20ClFN2O. The number of rotatable bonds is 3. The number of likely N-dealkylation sites (N-methyl/N-ethyl adjacent to an activating group) is 1. The van der Waals surface area contributed by atoms with Crippen LogP contribution >= 0.6 is 11.6 Å². The van der Waals surface area contributed by atoms with E-state index in [9.17, 15) is 9.18 Å². The number of nitrogens with zero attached hydrogens (tertiary/aromatic N) is 1. The van der Waals surface area contributed by atoms with E-state index in [-0.39, 0.29) is 23.5 Å². The Hall–Kier alpha value is -1.13. The highest BCUT2D eigenvalue weighted by atomic mass is 35.5. The number of benzene rings is 1. The van der Waals surface area contributed by atoms with Crippen molar-refractivity contribution in [3.05, 3.63) is 34.6 Å². The molecule has 5 heteroatoms. The lowest BCUT2D eigenvalue weighted by molar-refractivity contribution is -0.126. The van der Waals surface area contributed by atoms with E-state index in [2.05, 4.69) is 10.2 Å². The fraction of sp³-hybridized carbons (Fsp3) is 0.533. The van der Waals surface area contributed by atoms with Crippen molar-refractivity contribution in [3.8, 4) is 0 Å². The molecule has 3 nitrogen and oxygen atoms in total. The summed E-state index contributed by atoms with van der Waals surface area (Å²) in [5, 5.41) is 2.90. The van der Waals surface area contributed by atoms with Crippen LogP contribution in [0.1, 0.15) is 31.2 Å². The fourth-order valence-electron chi connectivity index (χ4n) is 2.57. The van der Waals surface area contributed by atoms with Crippen LogP contribution < -0.4 is 5.32 Å². The summed E-state index contributed by atoms with van der Waals surface area (Å²) >= 11 is 5.73. The molecule has 1 heterocycles. The van der Waals surface area contributed by atoms with Crippen molar-refractivity contribution in [3.63, 3.8) is 0 Å². The zero-order chi connectivity index (χ0) is 14.5. The van der Waals surface area contributed by atoms with Crippen molar-refractivity contribution < 1.29 is 9.18 Å². The SMILES string of the molecule is CN1CCCCCC1C(=O)NCc1cccc(Cl)c1F. The van der Waals surface area contributed by atoms with Gasteiger partial charge in [0, 0.05) is 12.1 Å². The maximum atomic E-state index is 13.7. The first-order chi connectivity index (χ1) is 9.59. The first-order valence-electron chi connectivity index (χ1n) is 7.00. The number of nitrogens with one attached hydrogen (secondary N) is 1. The molecule has 110 valence electrons. The molecule has 1 saturated heterocycles. The lowest BCUT2D eigenvalue weighted by Gasteiger charge is -2.24. The molecule has 20 heavy (non-hydrogen) atoms. The molecule has 1 aromatic rings. The molecule has 1 atom stereocenters. The minimum atomic E-state index is -0.455. The molecule has 2 rings (SSSR count). The first kappa shape index (κ1) is 15.3. The Balaban J connectivity index is 1.95. The topological polar surface area (TPSA) is 32.3 Å². The van der Waals surface area contributed by atoms with Gasteiger partial charge in [-0.1, -0.05) is 36.6 Å². The van der Waals surface area contributed by atoms with E-state index in [0.29, 0.717) is 5.56 Å². The summed E-state index contributed by atoms with van der Waals surface area (Å²) in [5.41, 5.74) is 0.419. The van der Waals surface area contributed by atoms with Gasteiger partial charge in [0.05, 0.1) is 11.1 Å². The highest BCUT2D eigenvalue weighted by Crippen LogP contribution is 2.18. The molecule has 1 unspecified atom stereocenters. The van der Waals surface area contributed by atoms with E-state index < -0.39 is 5.82 Å². The number of amides is 1. The highest BCUT2D eigenvalue weighted by Gasteiger charge is 2.24. The summed E-state index contributed by atoms with van der Waals surface area (Å²) in [5.74, 6) is -0.488. The van der Waals surface area contributed by atoms with Gasteiger partial charge in [0.2, 0.25) is 5.91 Å². The molecule has 0 bridgehead atoms. The van der Waals surface area contributed by atoms with Crippen molar-refractivity contribution in [2.45, 2.75) is 38.3 Å². The van der Waals surface area contributed by atoms with Gasteiger partial charge in [0.1, 0.15) is 5.82 Å². The zero-order valence-electron chi connectivity index (χ0n) is 11.7. The van der Waals surface area contributed by atoms with Gasteiger partial charge in [-0.3, -0.25) is 9.69 Å². The van der Waals surface area contributed by atoms with Gasteiger partial charge in [0.25, 0.3) is 0 Å². The molecule has 0 saturated carbocycles. The van der Waals surface area contributed by atoms with Crippen molar-refractivity contribution in [1.82, 2.24) is 10.2 Å². The second-order valence-corrected chi connectivity index (χ2v) is 5.68. The molecule has 1 amide bonds. The molecular weight excluding hydrogens is 279 g/mol. The Labute approximate surface area is 124 Å². The molecule has 1 fully saturated rings. The van der Waals surface area contributed by atoms with Gasteiger partial charge in [-0.05, 0) is 32.5 Å². The van der Waals surface area contributed by atoms with Crippen LogP contribution in [0.15, 0.2) is 18.2 Å². The van der Waals surface area contributed by atoms with E-state index in [1.165, 1.54) is 6.07 Å². The predicted molar refractivity (Wildman–Crippen MR) is 78.1 cm³/mol. The Bertz CT molecular complexity index is 481. The van der Waals surface area contributed by atoms with E-state index in [0.717, 1.165) is 32.2 Å². The second kappa shape index (κ2) is 7.04. The summed E-state index contributed by atoms with van der Waals surface area (Å²) < 4.78 is 13.7. The lowest BCUT2D eigenvalue weighted by atomic mass is 10.1. The monoisotopic (exact) mass is 298 g/mol. The fourth-order valence-corrected chi connectivity index (χ4v) is 2.76. The Kier molecular flexibility index (Phi) is 5.38. The first-order valence-corrected chi connectivity index (χ1v) is 7.38. The summed E-state index contributed by atoms with van der Waals surface area (Å²) in [6, 6.07) is 4.71. The van der Waals surface area contributed by atoms with E-state index in [1.54, 1.807) is 12.1 Å². The van der Waals surface area contributed by atoms with Gasteiger partial charge < -0.3 is 5.32 Å². The van der Waals surface area contributed by atoms with Crippen molar-refractivity contribution in [1.29, 1.82) is 0 Å².